The van der Waals surface area contributed by atoms with Gasteiger partial charge in [-0.3, -0.25) is 4.79 Å². The maximum absolute atomic E-state index is 12.9. The van der Waals surface area contributed by atoms with Crippen molar-refractivity contribution in [1.29, 1.82) is 0 Å². The zero-order valence-electron chi connectivity index (χ0n) is 17.4. The van der Waals surface area contributed by atoms with Crippen LogP contribution >= 0.6 is 0 Å². The second-order valence-electron chi connectivity index (χ2n) is 7.98. The minimum atomic E-state index is -3.50. The van der Waals surface area contributed by atoms with Gasteiger partial charge in [-0.1, -0.05) is 19.1 Å². The number of piperidine rings is 1. The van der Waals surface area contributed by atoms with Crippen molar-refractivity contribution in [3.8, 4) is 5.69 Å². The average Bonchev–Trinajstić information content (AvgIpc) is 3.29. The van der Waals surface area contributed by atoms with Crippen molar-refractivity contribution in [2.24, 2.45) is 5.92 Å². The van der Waals surface area contributed by atoms with Crippen LogP contribution in [-0.2, 0) is 21.2 Å². The van der Waals surface area contributed by atoms with Crippen LogP contribution < -0.4 is 5.32 Å². The average molecular weight is 439 g/mol. The fraction of sp³-hybridized carbons (Fsp3) is 0.304. The Morgan fingerprint density at radius 1 is 1.13 bits per heavy atom. The molecule has 1 saturated heterocycles. The molecule has 0 spiro atoms. The molecule has 1 aromatic heterocycles. The van der Waals surface area contributed by atoms with E-state index >= 15 is 0 Å². The first-order valence-electron chi connectivity index (χ1n) is 10.4. The van der Waals surface area contributed by atoms with Gasteiger partial charge in [-0.15, -0.1) is 0 Å². The topological polar surface area (TPSA) is 84.3 Å². The molecule has 4 rings (SSSR count). The highest BCUT2D eigenvalue weighted by Gasteiger charge is 2.28. The van der Waals surface area contributed by atoms with E-state index in [-0.39, 0.29) is 17.2 Å². The van der Waals surface area contributed by atoms with Crippen LogP contribution in [0.1, 0.15) is 25.3 Å². The van der Waals surface area contributed by atoms with Crippen LogP contribution in [0.3, 0.4) is 0 Å². The number of sulfonamides is 1. The lowest BCUT2D eigenvalue weighted by atomic mass is 10.0. The molecule has 1 N–H and O–H groups in total. The number of benzene rings is 2. The summed E-state index contributed by atoms with van der Waals surface area (Å²) < 4.78 is 29.0. The van der Waals surface area contributed by atoms with Crippen LogP contribution in [0.5, 0.6) is 0 Å². The molecule has 1 amide bonds. The zero-order valence-corrected chi connectivity index (χ0v) is 18.3. The van der Waals surface area contributed by atoms with Crippen molar-refractivity contribution >= 4 is 21.6 Å². The molecular weight excluding hydrogens is 412 g/mol. The molecule has 0 saturated carbocycles. The zero-order chi connectivity index (χ0) is 21.8. The van der Waals surface area contributed by atoms with Crippen molar-refractivity contribution < 1.29 is 13.2 Å². The summed E-state index contributed by atoms with van der Waals surface area (Å²) >= 11 is 0. The first-order chi connectivity index (χ1) is 14.9. The van der Waals surface area contributed by atoms with E-state index in [1.54, 1.807) is 39.4 Å². The molecule has 0 aliphatic carbocycles. The Kier molecular flexibility index (Phi) is 6.20. The summed E-state index contributed by atoms with van der Waals surface area (Å²) in [6.45, 7) is 3.19. The number of anilines is 1. The van der Waals surface area contributed by atoms with Gasteiger partial charge in [0.15, 0.2) is 0 Å². The van der Waals surface area contributed by atoms with Crippen molar-refractivity contribution in [2.45, 2.75) is 31.1 Å². The summed E-state index contributed by atoms with van der Waals surface area (Å²) in [6, 6.07) is 15.9. The molecule has 1 aliphatic rings. The highest BCUT2D eigenvalue weighted by molar-refractivity contribution is 7.89. The molecule has 0 unspecified atom stereocenters. The van der Waals surface area contributed by atoms with E-state index in [9.17, 15) is 13.2 Å². The number of hydrogen-bond acceptors (Lipinski definition) is 4. The van der Waals surface area contributed by atoms with E-state index in [2.05, 4.69) is 17.3 Å². The van der Waals surface area contributed by atoms with Gasteiger partial charge < -0.3 is 5.32 Å². The van der Waals surface area contributed by atoms with E-state index in [1.165, 1.54) is 0 Å². The number of nitrogens with zero attached hydrogens (tertiary/aromatic N) is 3. The van der Waals surface area contributed by atoms with Gasteiger partial charge >= 0.3 is 0 Å². The second kappa shape index (κ2) is 9.03. The molecule has 0 bridgehead atoms. The minimum absolute atomic E-state index is 0.160. The molecule has 8 heteroatoms. The number of nitrogens with one attached hydrogen (secondary N) is 1. The Hall–Kier alpha value is -2.97. The molecule has 1 atom stereocenters. The van der Waals surface area contributed by atoms with Crippen molar-refractivity contribution in [2.75, 3.05) is 18.4 Å². The predicted octanol–water partition coefficient (Wildman–Crippen LogP) is 3.47. The van der Waals surface area contributed by atoms with Crippen molar-refractivity contribution in [1.82, 2.24) is 14.1 Å². The molecule has 31 heavy (non-hydrogen) atoms. The maximum Gasteiger partial charge on any atom is 0.243 e. The van der Waals surface area contributed by atoms with Gasteiger partial charge in [-0.2, -0.15) is 9.40 Å². The summed E-state index contributed by atoms with van der Waals surface area (Å²) in [5.41, 5.74) is 2.38. The molecule has 2 heterocycles. The van der Waals surface area contributed by atoms with Crippen LogP contribution in [0.15, 0.2) is 71.9 Å². The molecule has 162 valence electrons. The summed E-state index contributed by atoms with van der Waals surface area (Å²) in [7, 11) is -3.50. The molecule has 0 radical (unpaired) electrons. The number of aromatic nitrogens is 2. The number of carbonyl (C=O) groups is 1. The van der Waals surface area contributed by atoms with E-state index in [0.29, 0.717) is 24.7 Å². The van der Waals surface area contributed by atoms with Gasteiger partial charge in [-0.25, -0.2) is 13.1 Å². The summed E-state index contributed by atoms with van der Waals surface area (Å²) in [5, 5.41) is 7.02. The highest BCUT2D eigenvalue weighted by Crippen LogP contribution is 2.24. The SMILES string of the molecule is C[C@@H]1CCCN(S(=O)(=O)c2ccc(NC(=O)Cc3ccc(-n4cccn4)cc3)cc2)C1. The quantitative estimate of drug-likeness (QED) is 0.639. The normalized spacial score (nSPS) is 17.4. The van der Waals surface area contributed by atoms with Gasteiger partial charge in [0.25, 0.3) is 0 Å². The largest absolute Gasteiger partial charge is 0.326 e. The van der Waals surface area contributed by atoms with Gasteiger partial charge in [-0.05, 0) is 66.8 Å². The third kappa shape index (κ3) is 5.03. The van der Waals surface area contributed by atoms with E-state index in [0.717, 1.165) is 24.1 Å². The minimum Gasteiger partial charge on any atom is -0.326 e. The Labute approximate surface area is 182 Å². The molecule has 2 aromatic carbocycles. The number of rotatable bonds is 6. The fourth-order valence-electron chi connectivity index (χ4n) is 3.80. The monoisotopic (exact) mass is 438 g/mol. The van der Waals surface area contributed by atoms with E-state index in [1.807, 2.05) is 36.5 Å². The molecule has 3 aromatic rings. The first-order valence-corrected chi connectivity index (χ1v) is 11.8. The van der Waals surface area contributed by atoms with Gasteiger partial charge in [0.2, 0.25) is 15.9 Å². The summed E-state index contributed by atoms with van der Waals surface area (Å²) in [6.07, 6.45) is 5.74. The Balaban J connectivity index is 1.37. The fourth-order valence-corrected chi connectivity index (χ4v) is 5.40. The van der Waals surface area contributed by atoms with Crippen LogP contribution in [-0.4, -0.2) is 41.5 Å². The van der Waals surface area contributed by atoms with Gasteiger partial charge in [0.1, 0.15) is 0 Å². The first kappa shape index (κ1) is 21.3. The predicted molar refractivity (Wildman–Crippen MR) is 119 cm³/mol. The second-order valence-corrected chi connectivity index (χ2v) is 9.91. The van der Waals surface area contributed by atoms with Crippen molar-refractivity contribution in [3.63, 3.8) is 0 Å². The third-order valence-electron chi connectivity index (χ3n) is 5.47. The van der Waals surface area contributed by atoms with Crippen LogP contribution in [0.4, 0.5) is 5.69 Å². The standard InChI is InChI=1S/C23H26N4O3S/c1-18-4-2-14-26(17-18)31(29,30)22-11-7-20(8-12-22)25-23(28)16-19-5-9-21(10-6-19)27-15-3-13-24-27/h3,5-13,15,18H,2,4,14,16-17H2,1H3,(H,25,28)/t18-/m1/s1. The van der Waals surface area contributed by atoms with E-state index < -0.39 is 10.0 Å². The third-order valence-corrected chi connectivity index (χ3v) is 7.34. The summed E-state index contributed by atoms with van der Waals surface area (Å²) in [5.74, 6) is 0.211. The summed E-state index contributed by atoms with van der Waals surface area (Å²) in [4.78, 5) is 12.7. The lowest BCUT2D eigenvalue weighted by Gasteiger charge is -2.30. The molecular formula is C23H26N4O3S. The Morgan fingerprint density at radius 2 is 1.87 bits per heavy atom. The lowest BCUT2D eigenvalue weighted by molar-refractivity contribution is -0.115. The Morgan fingerprint density at radius 3 is 2.52 bits per heavy atom. The maximum atomic E-state index is 12.9. The number of hydrogen-bond donors (Lipinski definition) is 1. The molecule has 7 nitrogen and oxygen atoms in total. The van der Waals surface area contributed by atoms with Crippen LogP contribution in [0.25, 0.3) is 5.69 Å². The Bertz CT molecular complexity index is 1120. The number of carbonyl (C=O) groups excluding carboxylic acids is 1. The molecule has 1 fully saturated rings. The molecule has 1 aliphatic heterocycles. The highest BCUT2D eigenvalue weighted by atomic mass is 32.2. The number of amides is 1. The van der Waals surface area contributed by atoms with Gasteiger partial charge in [0, 0.05) is 31.2 Å². The van der Waals surface area contributed by atoms with Crippen LogP contribution in [0, 0.1) is 5.92 Å². The van der Waals surface area contributed by atoms with Crippen LogP contribution in [0.2, 0.25) is 0 Å². The van der Waals surface area contributed by atoms with E-state index in [4.69, 9.17) is 0 Å². The lowest BCUT2D eigenvalue weighted by Crippen LogP contribution is -2.39. The smallest absolute Gasteiger partial charge is 0.243 e. The van der Waals surface area contributed by atoms with Crippen molar-refractivity contribution in [3.05, 3.63) is 72.6 Å². The van der Waals surface area contributed by atoms with Gasteiger partial charge in [0.05, 0.1) is 17.0 Å².